The summed E-state index contributed by atoms with van der Waals surface area (Å²) in [4.78, 5) is 17.3. The van der Waals surface area contributed by atoms with Gasteiger partial charge in [0.15, 0.2) is 11.5 Å². The average Bonchev–Trinajstić information content (AvgIpc) is 2.93. The number of hydrogen-bond donors (Lipinski definition) is 1. The first-order valence-electron chi connectivity index (χ1n) is 11.5. The molecule has 0 saturated heterocycles. The van der Waals surface area contributed by atoms with Crippen LogP contribution in [0.1, 0.15) is 10.4 Å². The number of nitrogens with one attached hydrogen (secondary N) is 1. The Morgan fingerprint density at radius 3 is 2.45 bits per heavy atom. The van der Waals surface area contributed by atoms with Gasteiger partial charge in [0.25, 0.3) is 5.91 Å². The first-order valence-corrected chi connectivity index (χ1v) is 13.4. The molecule has 1 heterocycles. The van der Waals surface area contributed by atoms with E-state index in [1.54, 1.807) is 31.5 Å². The van der Waals surface area contributed by atoms with Crippen LogP contribution in [0.15, 0.2) is 79.0 Å². The molecule has 5 rings (SSSR count). The molecule has 38 heavy (non-hydrogen) atoms. The first-order chi connectivity index (χ1) is 18.5. The molecule has 0 atom stereocenters. The summed E-state index contributed by atoms with van der Waals surface area (Å²) in [6, 6.07) is 21.9. The number of nitrogens with zero attached hydrogens (tertiary/aromatic N) is 1. The lowest BCUT2D eigenvalue weighted by Gasteiger charge is -2.13. The molecule has 0 aliphatic carbocycles. The summed E-state index contributed by atoms with van der Waals surface area (Å²) in [7, 11) is 3.10. The van der Waals surface area contributed by atoms with Crippen molar-refractivity contribution in [2.45, 2.75) is 0 Å². The number of amides is 1. The maximum absolute atomic E-state index is 12.8. The normalized spacial score (nSPS) is 10.8. The van der Waals surface area contributed by atoms with Crippen molar-refractivity contribution in [3.63, 3.8) is 0 Å². The molecule has 0 aliphatic heterocycles. The molecule has 0 unspecified atom stereocenters. The Labute approximate surface area is 237 Å². The van der Waals surface area contributed by atoms with Crippen molar-refractivity contribution in [2.75, 3.05) is 24.1 Å². The largest absolute Gasteiger partial charge is 0.496 e. The van der Waals surface area contributed by atoms with Gasteiger partial charge in [0.2, 0.25) is 0 Å². The van der Waals surface area contributed by atoms with E-state index in [4.69, 9.17) is 30.5 Å². The van der Waals surface area contributed by atoms with Crippen LogP contribution in [0.25, 0.3) is 21.7 Å². The average molecular weight is 641 g/mol. The van der Waals surface area contributed by atoms with Crippen molar-refractivity contribution < 1.29 is 23.7 Å². The number of carbonyl (C=O) groups is 1. The second-order valence-corrected chi connectivity index (χ2v) is 9.27. The molecule has 7 nitrogen and oxygen atoms in total. The Morgan fingerprint density at radius 2 is 1.66 bits per heavy atom. The van der Waals surface area contributed by atoms with Crippen LogP contribution in [-0.4, -0.2) is 29.7 Å². The Balaban J connectivity index is 1.39. The SMILES string of the molecule is COc1cc2c(Oc3ccc4cc(NC(=O)c5ccc(Cl)cc5OC)ccc4c3)ccnc2cc1OCI. The zero-order chi connectivity index (χ0) is 26.6. The van der Waals surface area contributed by atoms with Crippen molar-refractivity contribution in [1.29, 1.82) is 0 Å². The van der Waals surface area contributed by atoms with Crippen molar-refractivity contribution in [2.24, 2.45) is 0 Å². The van der Waals surface area contributed by atoms with E-state index in [0.29, 0.717) is 49.6 Å². The van der Waals surface area contributed by atoms with Gasteiger partial charge in [0.1, 0.15) is 21.9 Å². The highest BCUT2D eigenvalue weighted by molar-refractivity contribution is 14.1. The number of ether oxygens (including phenoxy) is 4. The summed E-state index contributed by atoms with van der Waals surface area (Å²) in [6.45, 7) is 0. The molecule has 0 bridgehead atoms. The molecule has 1 aromatic heterocycles. The molecule has 0 saturated carbocycles. The van der Waals surface area contributed by atoms with Gasteiger partial charge in [0.05, 0.1) is 25.3 Å². The van der Waals surface area contributed by atoms with E-state index in [2.05, 4.69) is 32.9 Å². The minimum Gasteiger partial charge on any atom is -0.496 e. The number of fused-ring (bicyclic) bond motifs is 2. The molecule has 4 aromatic carbocycles. The maximum atomic E-state index is 12.8. The lowest BCUT2D eigenvalue weighted by molar-refractivity contribution is 0.102. The van der Waals surface area contributed by atoms with Gasteiger partial charge in [-0.05, 0) is 88.0 Å². The van der Waals surface area contributed by atoms with Crippen LogP contribution in [-0.2, 0) is 0 Å². The second-order valence-electron chi connectivity index (χ2n) is 8.21. The highest BCUT2D eigenvalue weighted by Gasteiger charge is 2.14. The van der Waals surface area contributed by atoms with Gasteiger partial charge in [0, 0.05) is 28.4 Å². The third kappa shape index (κ3) is 5.41. The number of methoxy groups -OCH3 is 2. The summed E-state index contributed by atoms with van der Waals surface area (Å²) in [5.41, 5.74) is 1.79. The molecular weight excluding hydrogens is 619 g/mol. The zero-order valence-electron chi connectivity index (χ0n) is 20.5. The summed E-state index contributed by atoms with van der Waals surface area (Å²) in [5, 5.41) is 6.12. The zero-order valence-corrected chi connectivity index (χ0v) is 23.4. The Morgan fingerprint density at radius 1 is 0.868 bits per heavy atom. The molecule has 1 amide bonds. The van der Waals surface area contributed by atoms with E-state index in [0.717, 1.165) is 21.7 Å². The standard InChI is InChI=1S/C29H22ClIN2O5/c1-35-26-13-19(30)5-8-22(26)29(34)33-20-6-3-18-12-21(7-4-17(18)11-20)38-25-9-10-32-24-15-28(37-16-31)27(36-2)14-23(24)25/h3-15H,16H2,1-2H3,(H,33,34). The Bertz CT molecular complexity index is 1660. The Kier molecular flexibility index (Phi) is 7.71. The number of aromatic nitrogens is 1. The third-order valence-corrected chi connectivity index (χ3v) is 6.45. The van der Waals surface area contributed by atoms with Crippen LogP contribution in [0.2, 0.25) is 5.02 Å². The smallest absolute Gasteiger partial charge is 0.259 e. The number of halogens is 2. The molecular formula is C29H22ClIN2O5. The quantitative estimate of drug-likeness (QED) is 0.137. The number of carbonyl (C=O) groups excluding carboxylic acids is 1. The minimum atomic E-state index is -0.287. The number of benzene rings is 4. The van der Waals surface area contributed by atoms with Gasteiger partial charge in [-0.3, -0.25) is 9.78 Å². The predicted molar refractivity (Wildman–Crippen MR) is 158 cm³/mol. The van der Waals surface area contributed by atoms with Crippen LogP contribution in [0.5, 0.6) is 28.7 Å². The number of alkyl halides is 1. The van der Waals surface area contributed by atoms with E-state index >= 15 is 0 Å². The minimum absolute atomic E-state index is 0.287. The van der Waals surface area contributed by atoms with Crippen molar-refractivity contribution >= 4 is 67.5 Å². The van der Waals surface area contributed by atoms with Crippen molar-refractivity contribution in [1.82, 2.24) is 4.98 Å². The molecule has 0 spiro atoms. The number of anilines is 1. The third-order valence-electron chi connectivity index (χ3n) is 5.90. The van der Waals surface area contributed by atoms with Gasteiger partial charge < -0.3 is 24.3 Å². The van der Waals surface area contributed by atoms with Crippen LogP contribution in [0.4, 0.5) is 5.69 Å². The summed E-state index contributed by atoms with van der Waals surface area (Å²) < 4.78 is 23.2. The van der Waals surface area contributed by atoms with Crippen LogP contribution in [0, 0.1) is 0 Å². The Hall–Kier alpha value is -3.76. The van der Waals surface area contributed by atoms with Crippen molar-refractivity contribution in [3.8, 4) is 28.7 Å². The van der Waals surface area contributed by atoms with E-state index in [-0.39, 0.29) is 5.91 Å². The van der Waals surface area contributed by atoms with Gasteiger partial charge in [-0.25, -0.2) is 0 Å². The lowest BCUT2D eigenvalue weighted by atomic mass is 10.1. The summed E-state index contributed by atoms with van der Waals surface area (Å²) >= 11 is 8.15. The van der Waals surface area contributed by atoms with Gasteiger partial charge in [-0.1, -0.05) is 23.7 Å². The highest BCUT2D eigenvalue weighted by atomic mass is 127. The maximum Gasteiger partial charge on any atom is 0.259 e. The number of rotatable bonds is 8. The van der Waals surface area contributed by atoms with Crippen LogP contribution < -0.4 is 24.3 Å². The second kappa shape index (κ2) is 11.3. The van der Waals surface area contributed by atoms with Crippen LogP contribution >= 0.6 is 34.2 Å². The van der Waals surface area contributed by atoms with Gasteiger partial charge >= 0.3 is 0 Å². The number of pyridine rings is 1. The number of hydrogen-bond acceptors (Lipinski definition) is 6. The highest BCUT2D eigenvalue weighted by Crippen LogP contribution is 2.38. The van der Waals surface area contributed by atoms with E-state index < -0.39 is 0 Å². The van der Waals surface area contributed by atoms with E-state index in [1.807, 2.05) is 54.6 Å². The fourth-order valence-corrected chi connectivity index (χ4v) is 4.59. The summed E-state index contributed by atoms with van der Waals surface area (Å²) in [6.07, 6.45) is 1.70. The molecule has 192 valence electrons. The first kappa shape index (κ1) is 25.9. The molecule has 0 aliphatic rings. The fourth-order valence-electron chi connectivity index (χ4n) is 4.09. The topological polar surface area (TPSA) is 78.9 Å². The molecule has 9 heteroatoms. The van der Waals surface area contributed by atoms with E-state index in [1.165, 1.54) is 7.11 Å². The molecule has 0 fully saturated rings. The lowest BCUT2D eigenvalue weighted by Crippen LogP contribution is -2.13. The predicted octanol–water partition coefficient (Wildman–Crippen LogP) is 7.87. The molecule has 0 radical (unpaired) electrons. The molecule has 1 N–H and O–H groups in total. The monoisotopic (exact) mass is 640 g/mol. The fraction of sp³-hybridized carbons (Fsp3) is 0.103. The van der Waals surface area contributed by atoms with Crippen LogP contribution in [0.3, 0.4) is 0 Å². The van der Waals surface area contributed by atoms with Gasteiger partial charge in [-0.15, -0.1) is 0 Å². The van der Waals surface area contributed by atoms with Gasteiger partial charge in [-0.2, -0.15) is 0 Å². The van der Waals surface area contributed by atoms with E-state index in [9.17, 15) is 4.79 Å². The summed E-state index contributed by atoms with van der Waals surface area (Å²) in [5.74, 6) is 2.67. The van der Waals surface area contributed by atoms with Crippen molar-refractivity contribution in [3.05, 3.63) is 89.6 Å². The molecule has 5 aromatic rings.